The number of phenolic OH excluding ortho intramolecular Hbond substituents is 1. The Hall–Kier alpha value is -1.79. The monoisotopic (exact) mass is 268 g/mol. The largest absolute Gasteiger partial charge is 0.506 e. The third kappa shape index (κ3) is 5.15. The molecule has 0 heterocycles. The van der Waals surface area contributed by atoms with E-state index < -0.39 is 0 Å². The van der Waals surface area contributed by atoms with Crippen LogP contribution in [0.2, 0.25) is 0 Å². The van der Waals surface area contributed by atoms with Crippen molar-refractivity contribution in [2.75, 3.05) is 45.8 Å². The Morgan fingerprint density at radius 3 is 2.32 bits per heavy atom. The van der Waals surface area contributed by atoms with Gasteiger partial charge < -0.3 is 24.8 Å². The SMILES string of the molecule is COCCN(CCOC)C(=O)Nc1ccccc1O. The predicted octanol–water partition coefficient (Wildman–Crippen LogP) is 1.52. The Morgan fingerprint density at radius 1 is 1.21 bits per heavy atom. The minimum absolute atomic E-state index is 0.0364. The second-order valence-corrected chi connectivity index (χ2v) is 3.92. The van der Waals surface area contributed by atoms with Crippen LogP contribution in [0.5, 0.6) is 5.75 Å². The van der Waals surface area contributed by atoms with Gasteiger partial charge in [-0.3, -0.25) is 0 Å². The fraction of sp³-hybridized carbons (Fsp3) is 0.462. The fourth-order valence-corrected chi connectivity index (χ4v) is 1.49. The summed E-state index contributed by atoms with van der Waals surface area (Å²) in [6.45, 7) is 1.80. The van der Waals surface area contributed by atoms with Crippen molar-refractivity contribution in [1.29, 1.82) is 0 Å². The molecule has 0 fully saturated rings. The summed E-state index contributed by atoms with van der Waals surface area (Å²) in [6, 6.07) is 6.29. The number of anilines is 1. The average Bonchev–Trinajstić information content (AvgIpc) is 2.41. The number of nitrogens with zero attached hydrogens (tertiary/aromatic N) is 1. The van der Waals surface area contributed by atoms with E-state index in [-0.39, 0.29) is 11.8 Å². The van der Waals surface area contributed by atoms with Gasteiger partial charge in [0.2, 0.25) is 0 Å². The van der Waals surface area contributed by atoms with Crippen molar-refractivity contribution in [2.24, 2.45) is 0 Å². The van der Waals surface area contributed by atoms with E-state index in [1.54, 1.807) is 37.3 Å². The van der Waals surface area contributed by atoms with Crippen LogP contribution in [0.4, 0.5) is 10.5 Å². The number of phenols is 1. The van der Waals surface area contributed by atoms with Gasteiger partial charge in [0.15, 0.2) is 0 Å². The summed E-state index contributed by atoms with van der Waals surface area (Å²) in [5.41, 5.74) is 0.382. The number of para-hydroxylation sites is 2. The lowest BCUT2D eigenvalue weighted by molar-refractivity contribution is 0.127. The molecule has 2 amide bonds. The van der Waals surface area contributed by atoms with E-state index in [2.05, 4.69) is 5.32 Å². The van der Waals surface area contributed by atoms with Crippen LogP contribution in [0.15, 0.2) is 24.3 Å². The molecule has 0 aromatic heterocycles. The molecule has 19 heavy (non-hydrogen) atoms. The number of urea groups is 1. The maximum Gasteiger partial charge on any atom is 0.322 e. The minimum Gasteiger partial charge on any atom is -0.506 e. The quantitative estimate of drug-likeness (QED) is 0.735. The average molecular weight is 268 g/mol. The first kappa shape index (κ1) is 15.3. The van der Waals surface area contributed by atoms with Crippen molar-refractivity contribution >= 4 is 11.7 Å². The third-order valence-electron chi connectivity index (χ3n) is 2.56. The maximum atomic E-state index is 12.1. The first-order valence-corrected chi connectivity index (χ1v) is 6.00. The lowest BCUT2D eigenvalue weighted by atomic mass is 10.3. The molecule has 1 aromatic rings. The zero-order valence-corrected chi connectivity index (χ0v) is 11.3. The van der Waals surface area contributed by atoms with E-state index in [1.165, 1.54) is 6.07 Å². The van der Waals surface area contributed by atoms with Crippen molar-refractivity contribution < 1.29 is 19.4 Å². The van der Waals surface area contributed by atoms with Gasteiger partial charge in [-0.15, -0.1) is 0 Å². The number of hydrogen-bond donors (Lipinski definition) is 2. The van der Waals surface area contributed by atoms with E-state index in [9.17, 15) is 9.90 Å². The molecule has 1 aromatic carbocycles. The van der Waals surface area contributed by atoms with Gasteiger partial charge in [0.25, 0.3) is 0 Å². The zero-order chi connectivity index (χ0) is 14.1. The molecule has 106 valence electrons. The second-order valence-electron chi connectivity index (χ2n) is 3.92. The van der Waals surface area contributed by atoms with Crippen molar-refractivity contribution in [1.82, 2.24) is 4.90 Å². The fourth-order valence-electron chi connectivity index (χ4n) is 1.49. The van der Waals surface area contributed by atoms with E-state index in [0.717, 1.165) is 0 Å². The van der Waals surface area contributed by atoms with E-state index in [0.29, 0.717) is 32.0 Å². The number of benzene rings is 1. The molecular weight excluding hydrogens is 248 g/mol. The molecule has 0 atom stereocenters. The van der Waals surface area contributed by atoms with Crippen molar-refractivity contribution in [3.63, 3.8) is 0 Å². The zero-order valence-electron chi connectivity index (χ0n) is 11.3. The number of rotatable bonds is 7. The highest BCUT2D eigenvalue weighted by molar-refractivity contribution is 5.90. The predicted molar refractivity (Wildman–Crippen MR) is 72.5 cm³/mol. The lowest BCUT2D eigenvalue weighted by Crippen LogP contribution is -2.39. The molecule has 0 radical (unpaired) electrons. The standard InChI is InChI=1S/C13H20N2O4/c1-18-9-7-15(8-10-19-2)13(17)14-11-5-3-4-6-12(11)16/h3-6,16H,7-10H2,1-2H3,(H,14,17). The number of carbonyl (C=O) groups is 1. The summed E-state index contributed by atoms with van der Waals surface area (Å²) in [4.78, 5) is 13.6. The van der Waals surface area contributed by atoms with Gasteiger partial charge >= 0.3 is 6.03 Å². The third-order valence-corrected chi connectivity index (χ3v) is 2.56. The molecule has 0 saturated heterocycles. The molecule has 0 aliphatic heterocycles. The van der Waals surface area contributed by atoms with Gasteiger partial charge in [-0.2, -0.15) is 0 Å². The Morgan fingerprint density at radius 2 is 1.79 bits per heavy atom. The van der Waals surface area contributed by atoms with Crippen LogP contribution >= 0.6 is 0 Å². The van der Waals surface area contributed by atoms with Gasteiger partial charge in [0, 0.05) is 27.3 Å². The van der Waals surface area contributed by atoms with Crippen molar-refractivity contribution in [3.8, 4) is 5.75 Å². The number of nitrogens with one attached hydrogen (secondary N) is 1. The van der Waals surface area contributed by atoms with E-state index in [1.807, 2.05) is 0 Å². The van der Waals surface area contributed by atoms with E-state index in [4.69, 9.17) is 9.47 Å². The van der Waals surface area contributed by atoms with Gasteiger partial charge in [-0.05, 0) is 12.1 Å². The number of carbonyl (C=O) groups excluding carboxylic acids is 1. The minimum atomic E-state index is -0.296. The molecule has 0 unspecified atom stereocenters. The molecule has 0 bridgehead atoms. The first-order chi connectivity index (χ1) is 9.19. The Bertz CT molecular complexity index is 390. The van der Waals surface area contributed by atoms with Crippen LogP contribution < -0.4 is 5.32 Å². The highest BCUT2D eigenvalue weighted by atomic mass is 16.5. The van der Waals surface area contributed by atoms with Crippen LogP contribution in [0.3, 0.4) is 0 Å². The number of amides is 2. The molecule has 0 saturated carbocycles. The number of ether oxygens (including phenoxy) is 2. The molecule has 0 aliphatic carbocycles. The van der Waals surface area contributed by atoms with Gasteiger partial charge in [0.05, 0.1) is 18.9 Å². The summed E-state index contributed by atoms with van der Waals surface area (Å²) in [7, 11) is 3.16. The van der Waals surface area contributed by atoms with Crippen LogP contribution in [0.25, 0.3) is 0 Å². The normalized spacial score (nSPS) is 10.2. The van der Waals surface area contributed by atoms with Gasteiger partial charge in [0.1, 0.15) is 5.75 Å². The molecule has 6 heteroatoms. The summed E-state index contributed by atoms with van der Waals surface area (Å²) >= 11 is 0. The molecule has 2 N–H and O–H groups in total. The van der Waals surface area contributed by atoms with Crippen LogP contribution in [-0.2, 0) is 9.47 Å². The van der Waals surface area contributed by atoms with Gasteiger partial charge in [-0.1, -0.05) is 12.1 Å². The Labute approximate surface area is 112 Å². The van der Waals surface area contributed by atoms with Gasteiger partial charge in [-0.25, -0.2) is 4.79 Å². The molecule has 1 rings (SSSR count). The summed E-state index contributed by atoms with van der Waals surface area (Å²) in [6.07, 6.45) is 0. The van der Waals surface area contributed by atoms with Crippen LogP contribution in [0.1, 0.15) is 0 Å². The Balaban J connectivity index is 2.62. The smallest absolute Gasteiger partial charge is 0.322 e. The molecule has 6 nitrogen and oxygen atoms in total. The number of aromatic hydroxyl groups is 1. The van der Waals surface area contributed by atoms with Crippen molar-refractivity contribution in [2.45, 2.75) is 0 Å². The molecule has 0 spiro atoms. The topological polar surface area (TPSA) is 71.0 Å². The molecule has 0 aliphatic rings. The summed E-state index contributed by atoms with van der Waals surface area (Å²) in [5.74, 6) is 0.0364. The first-order valence-electron chi connectivity index (χ1n) is 6.00. The highest BCUT2D eigenvalue weighted by Gasteiger charge is 2.14. The van der Waals surface area contributed by atoms with Crippen molar-refractivity contribution in [3.05, 3.63) is 24.3 Å². The summed E-state index contributed by atoms with van der Waals surface area (Å²) < 4.78 is 9.93. The number of hydrogen-bond acceptors (Lipinski definition) is 4. The molecular formula is C13H20N2O4. The second kappa shape index (κ2) is 8.34. The van der Waals surface area contributed by atoms with Crippen LogP contribution in [-0.4, -0.2) is 56.6 Å². The highest BCUT2D eigenvalue weighted by Crippen LogP contribution is 2.21. The lowest BCUT2D eigenvalue weighted by Gasteiger charge is -2.22. The maximum absolute atomic E-state index is 12.1. The summed E-state index contributed by atoms with van der Waals surface area (Å²) in [5, 5.41) is 12.3. The number of methoxy groups -OCH3 is 2. The van der Waals surface area contributed by atoms with E-state index >= 15 is 0 Å². The Kier molecular flexibility index (Phi) is 6.70. The van der Waals surface area contributed by atoms with Crippen LogP contribution in [0, 0.1) is 0 Å².